The van der Waals surface area contributed by atoms with Crippen LogP contribution in [0.25, 0.3) is 0 Å². The molecule has 0 heterocycles. The van der Waals surface area contributed by atoms with E-state index in [9.17, 15) is 5.11 Å². The quantitative estimate of drug-likeness (QED) is 0.382. The molecule has 0 radical (unpaired) electrons. The van der Waals surface area contributed by atoms with Crippen LogP contribution in [0.5, 0.6) is 0 Å². The van der Waals surface area contributed by atoms with Crippen LogP contribution in [0.2, 0.25) is 0 Å². The van der Waals surface area contributed by atoms with Crippen molar-refractivity contribution >= 4 is 5.96 Å². The van der Waals surface area contributed by atoms with Gasteiger partial charge in [0.2, 0.25) is 0 Å². The number of rotatable bonds is 12. The van der Waals surface area contributed by atoms with Crippen molar-refractivity contribution in [2.45, 2.75) is 65.9 Å². The first-order chi connectivity index (χ1) is 10.5. The van der Waals surface area contributed by atoms with Crippen molar-refractivity contribution in [3.8, 4) is 0 Å². The van der Waals surface area contributed by atoms with Crippen molar-refractivity contribution in [3.63, 3.8) is 0 Å². The Morgan fingerprint density at radius 3 is 2.05 bits per heavy atom. The van der Waals surface area contributed by atoms with Crippen LogP contribution in [0.1, 0.15) is 60.3 Å². The number of hydrogen-bond acceptors (Lipinski definition) is 3. The summed E-state index contributed by atoms with van der Waals surface area (Å²) in [5, 5.41) is 17.3. The van der Waals surface area contributed by atoms with E-state index in [0.717, 1.165) is 64.4 Å². The van der Waals surface area contributed by atoms with Crippen LogP contribution in [-0.4, -0.2) is 60.8 Å². The summed E-state index contributed by atoms with van der Waals surface area (Å²) in [5.74, 6) is 0.806. The highest BCUT2D eigenvalue weighted by molar-refractivity contribution is 5.79. The van der Waals surface area contributed by atoms with Crippen LogP contribution in [0, 0.1) is 0 Å². The van der Waals surface area contributed by atoms with Gasteiger partial charge in [-0.3, -0.25) is 4.99 Å². The van der Waals surface area contributed by atoms with Gasteiger partial charge in [-0.2, -0.15) is 0 Å². The van der Waals surface area contributed by atoms with Gasteiger partial charge >= 0.3 is 0 Å². The van der Waals surface area contributed by atoms with Gasteiger partial charge in [0.15, 0.2) is 5.96 Å². The molecule has 0 aliphatic rings. The van der Waals surface area contributed by atoms with Crippen molar-refractivity contribution in [1.29, 1.82) is 0 Å². The lowest BCUT2D eigenvalue weighted by molar-refractivity contribution is 0.0306. The maximum Gasteiger partial charge on any atom is 0.191 e. The normalized spacial score (nSPS) is 12.8. The molecule has 0 bridgehead atoms. The van der Waals surface area contributed by atoms with Gasteiger partial charge in [-0.15, -0.1) is 0 Å². The standard InChI is InChI=1S/C17H38N4O/c1-6-11-17(22,12-7-2)15-20-16(18-8-3)19-13-14-21(9-4)10-5/h22H,6-15H2,1-5H3,(H2,18,19,20). The number of hydrogen-bond donors (Lipinski definition) is 3. The largest absolute Gasteiger partial charge is 0.388 e. The number of aliphatic hydroxyl groups is 1. The topological polar surface area (TPSA) is 59.9 Å². The SMILES string of the molecule is CCCC(O)(CCC)CN=C(NCC)NCCN(CC)CC. The molecule has 0 aromatic carbocycles. The average molecular weight is 315 g/mol. The maximum atomic E-state index is 10.6. The zero-order chi connectivity index (χ0) is 16.8. The summed E-state index contributed by atoms with van der Waals surface area (Å²) in [6.07, 6.45) is 3.59. The van der Waals surface area contributed by atoms with Crippen LogP contribution in [0.3, 0.4) is 0 Å². The van der Waals surface area contributed by atoms with Crippen LogP contribution in [-0.2, 0) is 0 Å². The number of nitrogens with one attached hydrogen (secondary N) is 2. The molecule has 0 saturated heterocycles. The van der Waals surface area contributed by atoms with E-state index < -0.39 is 5.60 Å². The highest BCUT2D eigenvalue weighted by Crippen LogP contribution is 2.19. The first kappa shape index (κ1) is 21.2. The van der Waals surface area contributed by atoms with E-state index >= 15 is 0 Å². The second-order valence-corrected chi connectivity index (χ2v) is 5.87. The monoisotopic (exact) mass is 314 g/mol. The van der Waals surface area contributed by atoms with Gasteiger partial charge in [-0.25, -0.2) is 0 Å². The predicted octanol–water partition coefficient (Wildman–Crippen LogP) is 2.21. The van der Waals surface area contributed by atoms with Gasteiger partial charge in [0, 0.05) is 19.6 Å². The summed E-state index contributed by atoms with van der Waals surface area (Å²) in [5.41, 5.74) is -0.662. The van der Waals surface area contributed by atoms with Gasteiger partial charge < -0.3 is 20.6 Å². The third-order valence-electron chi connectivity index (χ3n) is 3.92. The van der Waals surface area contributed by atoms with Crippen molar-refractivity contribution in [1.82, 2.24) is 15.5 Å². The molecule has 0 saturated carbocycles. The Bertz CT molecular complexity index is 284. The van der Waals surface area contributed by atoms with E-state index in [2.05, 4.69) is 55.1 Å². The van der Waals surface area contributed by atoms with Crippen molar-refractivity contribution in [2.75, 3.05) is 39.3 Å². The smallest absolute Gasteiger partial charge is 0.191 e. The van der Waals surface area contributed by atoms with Crippen molar-refractivity contribution < 1.29 is 5.11 Å². The molecule has 0 aromatic heterocycles. The summed E-state index contributed by atoms with van der Waals surface area (Å²) in [7, 11) is 0. The minimum atomic E-state index is -0.662. The molecule has 0 aliphatic carbocycles. The summed E-state index contributed by atoms with van der Waals surface area (Å²) in [6, 6.07) is 0. The first-order valence-corrected chi connectivity index (χ1v) is 9.02. The van der Waals surface area contributed by atoms with E-state index in [4.69, 9.17) is 0 Å². The van der Waals surface area contributed by atoms with E-state index in [-0.39, 0.29) is 0 Å². The highest BCUT2D eigenvalue weighted by Gasteiger charge is 2.24. The van der Waals surface area contributed by atoms with E-state index in [1.807, 2.05) is 0 Å². The summed E-state index contributed by atoms with van der Waals surface area (Å²) >= 11 is 0. The van der Waals surface area contributed by atoms with Crippen LogP contribution < -0.4 is 10.6 Å². The molecule has 0 aromatic rings. The fraction of sp³-hybridized carbons (Fsp3) is 0.941. The van der Waals surface area contributed by atoms with Gasteiger partial charge in [0.25, 0.3) is 0 Å². The number of nitrogens with zero attached hydrogens (tertiary/aromatic N) is 2. The van der Waals surface area contributed by atoms with Crippen LogP contribution in [0.15, 0.2) is 4.99 Å². The minimum Gasteiger partial charge on any atom is -0.388 e. The lowest BCUT2D eigenvalue weighted by atomic mass is 9.93. The number of guanidine groups is 1. The Balaban J connectivity index is 4.50. The molecule has 5 heteroatoms. The second kappa shape index (κ2) is 12.7. The fourth-order valence-electron chi connectivity index (χ4n) is 2.65. The van der Waals surface area contributed by atoms with Crippen molar-refractivity contribution in [3.05, 3.63) is 0 Å². The van der Waals surface area contributed by atoms with E-state index in [0.29, 0.717) is 6.54 Å². The zero-order valence-corrected chi connectivity index (χ0v) is 15.4. The third kappa shape index (κ3) is 9.26. The molecule has 0 unspecified atom stereocenters. The highest BCUT2D eigenvalue weighted by atomic mass is 16.3. The molecule has 0 aliphatic heterocycles. The third-order valence-corrected chi connectivity index (χ3v) is 3.92. The predicted molar refractivity (Wildman–Crippen MR) is 96.5 cm³/mol. The molecule has 22 heavy (non-hydrogen) atoms. The Hall–Kier alpha value is -0.810. The van der Waals surface area contributed by atoms with Crippen molar-refractivity contribution in [2.24, 2.45) is 4.99 Å². The second-order valence-electron chi connectivity index (χ2n) is 5.87. The number of aliphatic imine (C=N–C) groups is 1. The van der Waals surface area contributed by atoms with Gasteiger partial charge in [0.05, 0.1) is 12.1 Å². The van der Waals surface area contributed by atoms with E-state index in [1.54, 1.807) is 0 Å². The Kier molecular flexibility index (Phi) is 12.2. The molecule has 0 rings (SSSR count). The molecular weight excluding hydrogens is 276 g/mol. The van der Waals surface area contributed by atoms with Gasteiger partial charge in [-0.1, -0.05) is 40.5 Å². The molecule has 0 amide bonds. The summed E-state index contributed by atoms with van der Waals surface area (Å²) in [6.45, 7) is 15.9. The summed E-state index contributed by atoms with van der Waals surface area (Å²) < 4.78 is 0. The fourth-order valence-corrected chi connectivity index (χ4v) is 2.65. The molecule has 0 fully saturated rings. The van der Waals surface area contributed by atoms with E-state index in [1.165, 1.54) is 0 Å². The Morgan fingerprint density at radius 2 is 1.59 bits per heavy atom. The van der Waals surface area contributed by atoms with Crippen LogP contribution >= 0.6 is 0 Å². The Labute approximate surface area is 137 Å². The lowest BCUT2D eigenvalue weighted by Crippen LogP contribution is -2.43. The zero-order valence-electron chi connectivity index (χ0n) is 15.4. The van der Waals surface area contributed by atoms with Crippen LogP contribution in [0.4, 0.5) is 0 Å². The molecule has 0 spiro atoms. The molecule has 3 N–H and O–H groups in total. The molecule has 5 nitrogen and oxygen atoms in total. The maximum absolute atomic E-state index is 10.6. The molecular formula is C17H38N4O. The summed E-state index contributed by atoms with van der Waals surface area (Å²) in [4.78, 5) is 6.97. The average Bonchev–Trinajstić information content (AvgIpc) is 2.49. The van der Waals surface area contributed by atoms with Gasteiger partial charge in [0.1, 0.15) is 0 Å². The molecule has 132 valence electrons. The minimum absolute atomic E-state index is 0.468. The molecule has 0 atom stereocenters. The lowest BCUT2D eigenvalue weighted by Gasteiger charge is -2.26. The Morgan fingerprint density at radius 1 is 1.00 bits per heavy atom. The van der Waals surface area contributed by atoms with Gasteiger partial charge in [-0.05, 0) is 32.9 Å². The first-order valence-electron chi connectivity index (χ1n) is 9.02. The number of likely N-dealkylation sites (N-methyl/N-ethyl adjacent to an activating group) is 1.